The molecule has 0 aliphatic carbocycles. The minimum absolute atomic E-state index is 0.0253. The summed E-state index contributed by atoms with van der Waals surface area (Å²) in [7, 11) is -16.1. The van der Waals surface area contributed by atoms with Gasteiger partial charge in [0, 0.05) is 18.4 Å². The van der Waals surface area contributed by atoms with Gasteiger partial charge in [0.1, 0.15) is 49.5 Å². The predicted molar refractivity (Wildman–Crippen MR) is 206 cm³/mol. The van der Waals surface area contributed by atoms with E-state index in [-0.39, 0.29) is 48.1 Å². The van der Waals surface area contributed by atoms with Gasteiger partial charge in [-0.25, -0.2) is 33.5 Å². The van der Waals surface area contributed by atoms with Crippen LogP contribution < -0.4 is 16.4 Å². The van der Waals surface area contributed by atoms with Crippen molar-refractivity contribution in [2.75, 3.05) is 38.6 Å². The molecule has 6 unspecified atom stereocenters. The number of allylic oxidation sites excluding steroid dienone is 1. The number of anilines is 1. The van der Waals surface area contributed by atoms with Crippen LogP contribution in [-0.2, 0) is 70.8 Å². The molecule has 7 atom stereocenters. The van der Waals surface area contributed by atoms with E-state index in [1.165, 1.54) is 13.8 Å². The van der Waals surface area contributed by atoms with Crippen LogP contribution in [0.2, 0.25) is 0 Å². The van der Waals surface area contributed by atoms with E-state index < -0.39 is 84.6 Å². The monoisotopic (exact) mass is 955 g/mol. The Morgan fingerprint density at radius 2 is 1.75 bits per heavy atom. The molecule has 32 heteroatoms. The normalized spacial score (nSPS) is 20.9. The highest BCUT2D eigenvalue weighted by atomic mass is 32.1. The van der Waals surface area contributed by atoms with E-state index in [1.54, 1.807) is 6.08 Å². The summed E-state index contributed by atoms with van der Waals surface area (Å²) < 4.78 is 69.1. The first-order valence-corrected chi connectivity index (χ1v) is 22.9. The third kappa shape index (κ3) is 18.0. The Morgan fingerprint density at radius 3 is 2.46 bits per heavy atom. The van der Waals surface area contributed by atoms with E-state index >= 15 is 0 Å². The number of fused-ring (bicyclic) bond motifs is 1. The van der Waals surface area contributed by atoms with Gasteiger partial charge < -0.3 is 50.7 Å². The van der Waals surface area contributed by atoms with Crippen molar-refractivity contribution >= 4 is 69.5 Å². The average molecular weight is 956 g/mol. The summed E-state index contributed by atoms with van der Waals surface area (Å²) >= 11 is 5.09. The summed E-state index contributed by atoms with van der Waals surface area (Å²) in [5.41, 5.74) is 4.36. The maximum atomic E-state index is 12.5. The molecule has 0 bridgehead atoms. The zero-order valence-corrected chi connectivity index (χ0v) is 36.2. The van der Waals surface area contributed by atoms with Crippen molar-refractivity contribution in [3.05, 3.63) is 24.8 Å². The van der Waals surface area contributed by atoms with Crippen molar-refractivity contribution in [3.8, 4) is 0 Å². The highest BCUT2D eigenvalue weighted by molar-refractivity contribution is 7.80. The molecule has 10 N–H and O–H groups in total. The number of aliphatic hydroxyl groups is 2. The minimum atomic E-state index is -5.50. The fourth-order valence-electron chi connectivity index (χ4n) is 4.96. The molecular weight excluding hydrogens is 907 g/mol. The van der Waals surface area contributed by atoms with Gasteiger partial charge in [-0.15, -0.1) is 0 Å². The Hall–Kier alpha value is -2.99. The number of imidazole rings is 1. The first kappa shape index (κ1) is 52.4. The topological polar surface area (TPSA) is 393 Å². The number of nitrogens with two attached hydrogens (primary N) is 1. The SMILES string of the molecule is CCCCC/C=C/C(=S)OCCNC(=O)CCNC(=O)C(O)C(C)(C)COP(=O)(O)OOOP(=O)(O)OOOCC1O[C@H](n2cnc3c(N)ncnc32)C(O)C1OP(=O)(O)O. The first-order chi connectivity index (χ1) is 28.6. The van der Waals surface area contributed by atoms with Crippen molar-refractivity contribution in [1.82, 2.24) is 30.2 Å². The van der Waals surface area contributed by atoms with Gasteiger partial charge in [-0.1, -0.05) is 58.8 Å². The summed E-state index contributed by atoms with van der Waals surface area (Å²) in [6.45, 7) is 2.99. The number of carbonyl (C=O) groups is 2. The van der Waals surface area contributed by atoms with Crippen molar-refractivity contribution in [1.29, 1.82) is 0 Å². The smallest absolute Gasteiger partial charge is 0.481 e. The Morgan fingerprint density at radius 1 is 1.05 bits per heavy atom. The van der Waals surface area contributed by atoms with Gasteiger partial charge in [-0.2, -0.15) is 0 Å². The lowest BCUT2D eigenvalue weighted by Crippen LogP contribution is -2.46. The lowest BCUT2D eigenvalue weighted by atomic mass is 9.87. The number of carbonyl (C=O) groups excluding carboxylic acids is 2. The quantitative estimate of drug-likeness (QED) is 0.0141. The fraction of sp³-hybridized carbons (Fsp3) is 0.655. The summed E-state index contributed by atoms with van der Waals surface area (Å²) in [5.74, 6) is -1.41. The van der Waals surface area contributed by atoms with Crippen LogP contribution in [0, 0.1) is 5.41 Å². The van der Waals surface area contributed by atoms with Crippen molar-refractivity contribution < 1.29 is 101 Å². The Labute approximate surface area is 352 Å². The minimum Gasteiger partial charge on any atom is -0.481 e. The second-order valence-electron chi connectivity index (χ2n) is 13.4. The van der Waals surface area contributed by atoms with Crippen molar-refractivity contribution in [2.45, 2.75) is 83.5 Å². The van der Waals surface area contributed by atoms with E-state index in [0.29, 0.717) is 0 Å². The van der Waals surface area contributed by atoms with Gasteiger partial charge in [0.25, 0.3) is 0 Å². The van der Waals surface area contributed by atoms with Crippen LogP contribution in [0.25, 0.3) is 11.2 Å². The zero-order valence-electron chi connectivity index (χ0n) is 32.7. The summed E-state index contributed by atoms with van der Waals surface area (Å²) in [4.78, 5) is 79.2. The van der Waals surface area contributed by atoms with Crippen LogP contribution in [0.4, 0.5) is 5.82 Å². The lowest BCUT2D eigenvalue weighted by Gasteiger charge is -2.29. The Kier molecular flexibility index (Phi) is 20.7. The number of amides is 2. The number of unbranched alkanes of at least 4 members (excludes halogenated alkanes) is 3. The molecule has 61 heavy (non-hydrogen) atoms. The van der Waals surface area contributed by atoms with Gasteiger partial charge in [0.15, 0.2) is 22.7 Å². The highest BCUT2D eigenvalue weighted by Gasteiger charge is 2.49. The molecule has 0 spiro atoms. The Bertz CT molecular complexity index is 1940. The molecular formula is C29H48N7O21P3S. The Balaban J connectivity index is 1.35. The van der Waals surface area contributed by atoms with Crippen LogP contribution in [0.5, 0.6) is 0 Å². The van der Waals surface area contributed by atoms with Gasteiger partial charge in [0.05, 0.1) is 19.5 Å². The zero-order chi connectivity index (χ0) is 45.4. The second-order valence-corrected chi connectivity index (χ2v) is 17.6. The fourth-order valence-corrected chi connectivity index (χ4v) is 6.66. The van der Waals surface area contributed by atoms with Crippen molar-refractivity contribution in [3.63, 3.8) is 0 Å². The molecule has 2 aromatic rings. The van der Waals surface area contributed by atoms with Gasteiger partial charge in [-0.3, -0.25) is 28.1 Å². The van der Waals surface area contributed by atoms with E-state index in [2.05, 4.69) is 70.5 Å². The van der Waals surface area contributed by atoms with E-state index in [9.17, 15) is 53.1 Å². The number of aliphatic hydroxyl groups excluding tert-OH is 2. The highest BCUT2D eigenvalue weighted by Crippen LogP contribution is 2.50. The van der Waals surface area contributed by atoms with E-state index in [4.69, 9.17) is 27.4 Å². The maximum absolute atomic E-state index is 12.5. The number of hydrogen-bond donors (Lipinski definition) is 9. The third-order valence-corrected chi connectivity index (χ3v) is 10.00. The van der Waals surface area contributed by atoms with Crippen LogP contribution in [0.3, 0.4) is 0 Å². The number of nitrogen functional groups attached to an aromatic ring is 1. The number of hydrogen-bond acceptors (Lipinski definition) is 22. The molecule has 0 saturated carbocycles. The standard InChI is InChI=1S/C29H48N7O21P3S/c1-4-5-6-7-8-9-20(61)48-13-12-31-19(37)10-11-32-27(40)24(39)29(2,3)15-50-59(44,45)56-54-57-60(46,47)55-53-49-14-18-23(52-58(41,42)43)22(38)28(51-18)36-17-35-21-25(30)33-16-34-26(21)36/h8-9,16-18,22-24,28,38-39H,4-7,10-15H2,1-3H3,(H,31,37)(H,32,40)(H,44,45)(H,46,47)(H2,30,33,34)(H2,41,42,43)/b9-8+/t18?,22?,23?,24?,28-/m0/s1. The molecule has 2 amide bonds. The molecule has 1 aliphatic heterocycles. The van der Waals surface area contributed by atoms with E-state index in [0.717, 1.165) is 42.9 Å². The predicted octanol–water partition coefficient (Wildman–Crippen LogP) is 0.612. The van der Waals surface area contributed by atoms with Crippen LogP contribution in [-0.4, -0.2) is 123 Å². The molecule has 3 heterocycles. The molecule has 2 aromatic heterocycles. The molecule has 1 fully saturated rings. The summed E-state index contributed by atoms with van der Waals surface area (Å²) in [6.07, 6.45) is 1.34. The lowest BCUT2D eigenvalue weighted by molar-refractivity contribution is -0.494. The van der Waals surface area contributed by atoms with Gasteiger partial charge >= 0.3 is 23.5 Å². The number of phosphoric ester groups is 2. The number of ether oxygens (including phenoxy) is 2. The molecule has 28 nitrogen and oxygen atoms in total. The number of thiocarbonyl (C=S) groups is 1. The summed E-state index contributed by atoms with van der Waals surface area (Å²) in [6, 6.07) is 0. The number of rotatable bonds is 28. The van der Waals surface area contributed by atoms with Gasteiger partial charge in [0.2, 0.25) is 11.8 Å². The number of aromatic nitrogens is 4. The van der Waals surface area contributed by atoms with Crippen molar-refractivity contribution in [2.24, 2.45) is 5.41 Å². The average Bonchev–Trinajstić information content (AvgIpc) is 3.74. The van der Waals surface area contributed by atoms with Crippen LogP contribution >= 0.6 is 35.7 Å². The van der Waals surface area contributed by atoms with Crippen LogP contribution in [0.1, 0.15) is 59.1 Å². The molecule has 0 radical (unpaired) electrons. The number of nitrogens with zero attached hydrogens (tertiary/aromatic N) is 4. The number of nitrogens with one attached hydrogen (secondary N) is 2. The third-order valence-electron chi connectivity index (χ3n) is 8.02. The molecule has 3 rings (SSSR count). The maximum Gasteiger partial charge on any atom is 0.531 e. The van der Waals surface area contributed by atoms with Crippen LogP contribution in [0.15, 0.2) is 24.8 Å². The van der Waals surface area contributed by atoms with E-state index in [1.807, 2.05) is 6.08 Å². The molecule has 1 aliphatic rings. The summed E-state index contributed by atoms with van der Waals surface area (Å²) in [5, 5.41) is 34.4. The van der Waals surface area contributed by atoms with Gasteiger partial charge in [-0.05, 0) is 36.2 Å². The first-order valence-electron chi connectivity index (χ1n) is 17.9. The molecule has 346 valence electrons. The molecule has 0 aromatic carbocycles. The molecule has 1 saturated heterocycles. The second kappa shape index (κ2) is 24.2. The number of phosphoric acid groups is 3. The largest absolute Gasteiger partial charge is 0.531 e.